The molecule has 0 fully saturated rings. The summed E-state index contributed by atoms with van der Waals surface area (Å²) in [6.07, 6.45) is 0.872. The minimum absolute atomic E-state index is 0. The first-order chi connectivity index (χ1) is 12.1. The minimum Gasteiger partial charge on any atom is -0.351 e. The Morgan fingerprint density at radius 2 is 1.85 bits per heavy atom. The van der Waals surface area contributed by atoms with E-state index in [1.807, 2.05) is 29.2 Å². The summed E-state index contributed by atoms with van der Waals surface area (Å²) in [6.45, 7) is 4.27. The number of carbonyl (C=O) groups excluding carboxylic acids is 1. The second-order valence-electron chi connectivity index (χ2n) is 6.16. The summed E-state index contributed by atoms with van der Waals surface area (Å²) in [7, 11) is 0. The van der Waals surface area contributed by atoms with Crippen molar-refractivity contribution in [3.8, 4) is 0 Å². The highest BCUT2D eigenvalue weighted by Crippen LogP contribution is 2.09. The molecule has 0 heterocycles. The molecular formula is C20H27ClFN3O. The lowest BCUT2D eigenvalue weighted by Gasteiger charge is -2.21. The molecule has 0 unspecified atom stereocenters. The van der Waals surface area contributed by atoms with Crippen molar-refractivity contribution in [2.24, 2.45) is 5.73 Å². The first-order valence-corrected chi connectivity index (χ1v) is 8.56. The van der Waals surface area contributed by atoms with E-state index >= 15 is 0 Å². The van der Waals surface area contributed by atoms with Gasteiger partial charge in [-0.05, 0) is 36.1 Å². The summed E-state index contributed by atoms with van der Waals surface area (Å²) in [5.41, 5.74) is 8.25. The van der Waals surface area contributed by atoms with Crippen LogP contribution in [0.3, 0.4) is 0 Å². The fraction of sp³-hybridized carbons (Fsp3) is 0.350. The average molecular weight is 380 g/mol. The van der Waals surface area contributed by atoms with Crippen LogP contribution in [0.5, 0.6) is 0 Å². The number of halogens is 2. The average Bonchev–Trinajstić information content (AvgIpc) is 2.62. The van der Waals surface area contributed by atoms with Gasteiger partial charge < -0.3 is 11.1 Å². The topological polar surface area (TPSA) is 58.4 Å². The van der Waals surface area contributed by atoms with Crippen molar-refractivity contribution in [2.75, 3.05) is 26.2 Å². The molecule has 2 aromatic rings. The Morgan fingerprint density at radius 3 is 2.50 bits per heavy atom. The molecule has 1 amide bonds. The van der Waals surface area contributed by atoms with Gasteiger partial charge in [0.05, 0.1) is 6.54 Å². The lowest BCUT2D eigenvalue weighted by Crippen LogP contribution is -2.40. The maximum Gasteiger partial charge on any atom is 0.234 e. The van der Waals surface area contributed by atoms with Gasteiger partial charge in [0.25, 0.3) is 0 Å². The van der Waals surface area contributed by atoms with Gasteiger partial charge in [0.1, 0.15) is 5.82 Å². The molecule has 2 aromatic carbocycles. The molecule has 0 saturated carbocycles. The molecule has 26 heavy (non-hydrogen) atoms. The van der Waals surface area contributed by atoms with Crippen LogP contribution < -0.4 is 11.1 Å². The summed E-state index contributed by atoms with van der Waals surface area (Å²) in [4.78, 5) is 14.2. The van der Waals surface area contributed by atoms with Crippen LogP contribution in [0.2, 0.25) is 0 Å². The summed E-state index contributed by atoms with van der Waals surface area (Å²) in [6, 6.07) is 15.2. The van der Waals surface area contributed by atoms with E-state index < -0.39 is 0 Å². The van der Waals surface area contributed by atoms with E-state index in [2.05, 4.69) is 17.4 Å². The van der Waals surface area contributed by atoms with Gasteiger partial charge in [-0.3, -0.25) is 9.69 Å². The predicted octanol–water partition coefficient (Wildman–Crippen LogP) is 2.68. The monoisotopic (exact) mass is 379 g/mol. The molecule has 3 N–H and O–H groups in total. The molecule has 0 aromatic heterocycles. The molecule has 0 radical (unpaired) electrons. The third kappa shape index (κ3) is 7.52. The Kier molecular flexibility index (Phi) is 9.88. The number of hydrogen-bond acceptors (Lipinski definition) is 3. The van der Waals surface area contributed by atoms with Crippen LogP contribution in [0.25, 0.3) is 0 Å². The van der Waals surface area contributed by atoms with Crippen LogP contribution in [0.15, 0.2) is 48.5 Å². The Morgan fingerprint density at radius 1 is 1.12 bits per heavy atom. The molecule has 0 aliphatic rings. The highest BCUT2D eigenvalue weighted by molar-refractivity contribution is 5.85. The van der Waals surface area contributed by atoms with Gasteiger partial charge in [-0.1, -0.05) is 42.5 Å². The highest BCUT2D eigenvalue weighted by atomic mass is 35.5. The Balaban J connectivity index is 0.00000338. The van der Waals surface area contributed by atoms with Crippen molar-refractivity contribution in [1.29, 1.82) is 0 Å². The third-order valence-corrected chi connectivity index (χ3v) is 4.10. The van der Waals surface area contributed by atoms with E-state index in [1.165, 1.54) is 11.6 Å². The van der Waals surface area contributed by atoms with E-state index in [0.717, 1.165) is 18.5 Å². The minimum atomic E-state index is -0.251. The molecule has 142 valence electrons. The Labute approximate surface area is 161 Å². The van der Waals surface area contributed by atoms with Crippen molar-refractivity contribution < 1.29 is 9.18 Å². The van der Waals surface area contributed by atoms with Crippen molar-refractivity contribution >= 4 is 18.3 Å². The molecule has 0 atom stereocenters. The molecule has 6 heteroatoms. The molecule has 0 bridgehead atoms. The van der Waals surface area contributed by atoms with Gasteiger partial charge in [-0.2, -0.15) is 0 Å². The van der Waals surface area contributed by atoms with Gasteiger partial charge in [0, 0.05) is 26.2 Å². The van der Waals surface area contributed by atoms with Crippen LogP contribution in [-0.4, -0.2) is 37.0 Å². The number of nitrogens with one attached hydrogen (secondary N) is 1. The smallest absolute Gasteiger partial charge is 0.234 e. The van der Waals surface area contributed by atoms with Crippen molar-refractivity contribution in [1.82, 2.24) is 10.2 Å². The SMILES string of the molecule is Cc1ccc(CNC(=O)CN(CCN)CCc2ccccc2)cc1F.Cl. The number of carbonyl (C=O) groups is 1. The number of nitrogens with two attached hydrogens (primary N) is 1. The van der Waals surface area contributed by atoms with Crippen LogP contribution in [-0.2, 0) is 17.8 Å². The normalized spacial score (nSPS) is 10.5. The van der Waals surface area contributed by atoms with Crippen molar-refractivity contribution in [3.63, 3.8) is 0 Å². The quantitative estimate of drug-likeness (QED) is 0.704. The summed E-state index contributed by atoms with van der Waals surface area (Å²) >= 11 is 0. The molecule has 4 nitrogen and oxygen atoms in total. The first kappa shape index (κ1) is 22.1. The molecule has 0 aliphatic carbocycles. The molecule has 0 saturated heterocycles. The zero-order chi connectivity index (χ0) is 18.1. The fourth-order valence-electron chi connectivity index (χ4n) is 2.59. The second-order valence-corrected chi connectivity index (χ2v) is 6.16. The second kappa shape index (κ2) is 11.6. The molecular weight excluding hydrogens is 353 g/mol. The van der Waals surface area contributed by atoms with Crippen LogP contribution in [0, 0.1) is 12.7 Å². The number of hydrogen-bond donors (Lipinski definition) is 2. The zero-order valence-corrected chi connectivity index (χ0v) is 15.9. The van der Waals surface area contributed by atoms with Crippen molar-refractivity contribution in [2.45, 2.75) is 19.9 Å². The van der Waals surface area contributed by atoms with E-state index in [-0.39, 0.29) is 24.1 Å². The number of amides is 1. The first-order valence-electron chi connectivity index (χ1n) is 8.56. The maximum atomic E-state index is 13.5. The van der Waals surface area contributed by atoms with E-state index in [1.54, 1.807) is 13.0 Å². The zero-order valence-electron chi connectivity index (χ0n) is 15.1. The van der Waals surface area contributed by atoms with Gasteiger partial charge in [-0.25, -0.2) is 4.39 Å². The van der Waals surface area contributed by atoms with Gasteiger partial charge in [0.15, 0.2) is 0 Å². The molecule has 0 spiro atoms. The Bertz CT molecular complexity index is 682. The van der Waals surface area contributed by atoms with E-state index in [0.29, 0.717) is 31.7 Å². The predicted molar refractivity (Wildman–Crippen MR) is 106 cm³/mol. The maximum absolute atomic E-state index is 13.5. The van der Waals surface area contributed by atoms with Crippen LogP contribution in [0.1, 0.15) is 16.7 Å². The van der Waals surface area contributed by atoms with Crippen LogP contribution >= 0.6 is 12.4 Å². The summed E-state index contributed by atoms with van der Waals surface area (Å²) in [5.74, 6) is -0.332. The number of nitrogens with zero attached hydrogens (tertiary/aromatic N) is 1. The number of aryl methyl sites for hydroxylation is 1. The highest BCUT2D eigenvalue weighted by Gasteiger charge is 2.10. The number of rotatable bonds is 9. The van der Waals surface area contributed by atoms with Gasteiger partial charge in [0.2, 0.25) is 5.91 Å². The summed E-state index contributed by atoms with van der Waals surface area (Å²) < 4.78 is 13.5. The Hall–Kier alpha value is -1.95. The summed E-state index contributed by atoms with van der Waals surface area (Å²) in [5, 5.41) is 2.84. The van der Waals surface area contributed by atoms with Crippen LogP contribution in [0.4, 0.5) is 4.39 Å². The van der Waals surface area contributed by atoms with Gasteiger partial charge in [-0.15, -0.1) is 12.4 Å². The van der Waals surface area contributed by atoms with E-state index in [9.17, 15) is 9.18 Å². The lowest BCUT2D eigenvalue weighted by molar-refractivity contribution is -0.122. The fourth-order valence-corrected chi connectivity index (χ4v) is 2.59. The van der Waals surface area contributed by atoms with Gasteiger partial charge >= 0.3 is 0 Å². The largest absolute Gasteiger partial charge is 0.351 e. The third-order valence-electron chi connectivity index (χ3n) is 4.10. The number of benzene rings is 2. The molecule has 0 aliphatic heterocycles. The van der Waals surface area contributed by atoms with Crippen molar-refractivity contribution in [3.05, 3.63) is 71.0 Å². The molecule has 2 rings (SSSR count). The van der Waals surface area contributed by atoms with E-state index in [4.69, 9.17) is 5.73 Å². The standard InChI is InChI=1S/C20H26FN3O.ClH/c1-16-7-8-18(13-19(16)21)14-23-20(25)15-24(12-10-22)11-9-17-5-3-2-4-6-17;/h2-8,13H,9-12,14-15,22H2,1H3,(H,23,25);1H. The lowest BCUT2D eigenvalue weighted by atomic mass is 10.1.